The Morgan fingerprint density at radius 1 is 0.839 bits per heavy atom. The van der Waals surface area contributed by atoms with Crippen LogP contribution in [0.15, 0.2) is 41.4 Å². The summed E-state index contributed by atoms with van der Waals surface area (Å²) in [6, 6.07) is 8.58. The van der Waals surface area contributed by atoms with Crippen LogP contribution < -0.4 is 5.73 Å². The van der Waals surface area contributed by atoms with Gasteiger partial charge in [0.05, 0.1) is 18.8 Å². The first-order chi connectivity index (χ1) is 14.8. The Kier molecular flexibility index (Phi) is 4.03. The smallest absolute Gasteiger partial charge is 0.193 e. The minimum absolute atomic E-state index is 0.0183. The lowest BCUT2D eigenvalue weighted by Gasteiger charge is -2.06. The molecule has 8 nitrogen and oxygen atoms in total. The molecule has 0 saturated heterocycles. The fraction of sp³-hybridized carbons (Fsp3) is 0.174. The van der Waals surface area contributed by atoms with Crippen molar-refractivity contribution in [2.45, 2.75) is 0 Å². The molecule has 2 aromatic carbocycles. The van der Waals surface area contributed by atoms with Crippen molar-refractivity contribution in [2.24, 2.45) is 22.6 Å². The van der Waals surface area contributed by atoms with Gasteiger partial charge < -0.3 is 5.73 Å². The van der Waals surface area contributed by atoms with Crippen LogP contribution in [0.2, 0.25) is 0 Å². The maximum atomic E-state index is 13.1. The first-order valence-corrected chi connectivity index (χ1v) is 9.59. The second-order valence-electron chi connectivity index (χ2n) is 7.65. The van der Waals surface area contributed by atoms with Gasteiger partial charge in [-0.15, -0.1) is 0 Å². The summed E-state index contributed by atoms with van der Waals surface area (Å²) in [6.07, 6.45) is 0. The number of rotatable bonds is 4. The van der Waals surface area contributed by atoms with Gasteiger partial charge in [0.15, 0.2) is 34.7 Å². The third kappa shape index (κ3) is 2.55. The van der Waals surface area contributed by atoms with Crippen LogP contribution in [0, 0.1) is 11.8 Å². The summed E-state index contributed by atoms with van der Waals surface area (Å²) >= 11 is 0. The SMILES string of the molecule is NCC(=O)C1C(=O)c2ccc(C(=O)c3ccc4c(c3)C3=NCC(=O)C3C4=O)cc2C1=O. The van der Waals surface area contributed by atoms with Crippen molar-refractivity contribution in [2.75, 3.05) is 13.1 Å². The Labute approximate surface area is 175 Å². The van der Waals surface area contributed by atoms with Crippen LogP contribution in [0.25, 0.3) is 0 Å². The van der Waals surface area contributed by atoms with Crippen LogP contribution in [-0.4, -0.2) is 53.5 Å². The molecule has 1 aliphatic heterocycles. The van der Waals surface area contributed by atoms with Crippen molar-refractivity contribution in [3.05, 3.63) is 69.8 Å². The van der Waals surface area contributed by atoms with Crippen molar-refractivity contribution < 1.29 is 28.8 Å². The average molecular weight is 414 g/mol. The minimum atomic E-state index is -1.45. The maximum Gasteiger partial charge on any atom is 0.193 e. The van der Waals surface area contributed by atoms with Crippen LogP contribution in [0.3, 0.4) is 0 Å². The molecule has 0 fully saturated rings. The maximum absolute atomic E-state index is 13.1. The predicted octanol–water partition coefficient (Wildman–Crippen LogP) is 0.625. The van der Waals surface area contributed by atoms with Gasteiger partial charge in [0.1, 0.15) is 11.8 Å². The number of hydrogen-bond acceptors (Lipinski definition) is 8. The Bertz CT molecular complexity index is 1320. The summed E-state index contributed by atoms with van der Waals surface area (Å²) in [6.45, 7) is -0.476. The summed E-state index contributed by atoms with van der Waals surface area (Å²) in [7, 11) is 0. The number of fused-ring (bicyclic) bond motifs is 4. The second-order valence-corrected chi connectivity index (χ2v) is 7.65. The average Bonchev–Trinajstić information content (AvgIpc) is 3.38. The number of hydrogen-bond donors (Lipinski definition) is 1. The van der Waals surface area contributed by atoms with Crippen molar-refractivity contribution in [1.82, 2.24) is 0 Å². The van der Waals surface area contributed by atoms with E-state index in [1.165, 1.54) is 36.4 Å². The third-order valence-electron chi connectivity index (χ3n) is 5.95. The number of carbonyl (C=O) groups is 6. The molecule has 2 unspecified atom stereocenters. The molecule has 3 aliphatic rings. The van der Waals surface area contributed by atoms with E-state index < -0.39 is 41.5 Å². The second kappa shape index (κ2) is 6.55. The van der Waals surface area contributed by atoms with Gasteiger partial charge in [-0.3, -0.25) is 33.8 Å². The lowest BCUT2D eigenvalue weighted by molar-refractivity contribution is -0.119. The molecule has 0 radical (unpaired) electrons. The zero-order valence-electron chi connectivity index (χ0n) is 16.0. The van der Waals surface area contributed by atoms with Crippen molar-refractivity contribution in [3.8, 4) is 0 Å². The molecule has 0 amide bonds. The monoisotopic (exact) mass is 414 g/mol. The summed E-state index contributed by atoms with van der Waals surface area (Å²) in [4.78, 5) is 78.5. The topological polar surface area (TPSA) is 141 Å². The Morgan fingerprint density at radius 2 is 1.42 bits per heavy atom. The first-order valence-electron chi connectivity index (χ1n) is 9.59. The molecule has 0 saturated carbocycles. The number of nitrogens with two attached hydrogens (primary N) is 1. The Balaban J connectivity index is 1.52. The Hall–Kier alpha value is -3.91. The van der Waals surface area contributed by atoms with Gasteiger partial charge in [0, 0.05) is 33.4 Å². The van der Waals surface area contributed by atoms with Crippen LogP contribution in [0.5, 0.6) is 0 Å². The van der Waals surface area contributed by atoms with Crippen LogP contribution in [0.4, 0.5) is 0 Å². The van der Waals surface area contributed by atoms with E-state index in [0.29, 0.717) is 16.8 Å². The van der Waals surface area contributed by atoms with E-state index in [0.717, 1.165) is 0 Å². The summed E-state index contributed by atoms with van der Waals surface area (Å²) in [5.41, 5.74) is 7.03. The van der Waals surface area contributed by atoms with Gasteiger partial charge in [0.2, 0.25) is 0 Å². The molecule has 8 heteroatoms. The fourth-order valence-corrected chi connectivity index (χ4v) is 4.39. The number of nitrogens with zero attached hydrogens (tertiary/aromatic N) is 1. The third-order valence-corrected chi connectivity index (χ3v) is 5.95. The van der Waals surface area contributed by atoms with Gasteiger partial charge in [0.25, 0.3) is 0 Å². The molecule has 31 heavy (non-hydrogen) atoms. The lowest BCUT2D eigenvalue weighted by Crippen LogP contribution is -2.31. The van der Waals surface area contributed by atoms with Crippen LogP contribution in [-0.2, 0) is 9.59 Å². The van der Waals surface area contributed by atoms with E-state index in [4.69, 9.17) is 5.73 Å². The van der Waals surface area contributed by atoms with E-state index in [1.807, 2.05) is 0 Å². The highest BCUT2D eigenvalue weighted by molar-refractivity contribution is 6.40. The molecule has 0 spiro atoms. The van der Waals surface area contributed by atoms with E-state index >= 15 is 0 Å². The molecule has 2 aromatic rings. The molecular formula is C23H14N2O6. The molecule has 152 valence electrons. The standard InChI is InChI=1S/C23H14N2O6/c24-7-15(26)18-22(30)12-4-2-10(6-14(12)23(18)31)20(28)9-1-3-11-13(5-9)19-17(21(11)29)16(27)8-25-19/h1-6,17-18H,7-8,24H2. The van der Waals surface area contributed by atoms with Crippen LogP contribution in [0.1, 0.15) is 52.6 Å². The molecule has 2 N–H and O–H groups in total. The zero-order chi connectivity index (χ0) is 22.0. The molecule has 0 bridgehead atoms. The highest BCUT2D eigenvalue weighted by Crippen LogP contribution is 2.33. The van der Waals surface area contributed by atoms with Crippen LogP contribution >= 0.6 is 0 Å². The van der Waals surface area contributed by atoms with Crippen molar-refractivity contribution >= 4 is 40.4 Å². The summed E-state index contributed by atoms with van der Waals surface area (Å²) in [5.74, 6) is -5.27. The fourth-order valence-electron chi connectivity index (χ4n) is 4.39. The normalized spacial score (nSPS) is 21.1. The van der Waals surface area contributed by atoms with Gasteiger partial charge in [-0.25, -0.2) is 0 Å². The van der Waals surface area contributed by atoms with Gasteiger partial charge in [-0.2, -0.15) is 0 Å². The Morgan fingerprint density at radius 3 is 2.06 bits per heavy atom. The van der Waals surface area contributed by atoms with Gasteiger partial charge in [-0.05, 0) is 24.3 Å². The number of ketones is 6. The largest absolute Gasteiger partial charge is 0.324 e. The van der Waals surface area contributed by atoms with Gasteiger partial charge >= 0.3 is 0 Å². The molecule has 0 aromatic heterocycles. The minimum Gasteiger partial charge on any atom is -0.324 e. The van der Waals surface area contributed by atoms with E-state index in [-0.39, 0.29) is 40.4 Å². The molecule has 2 atom stereocenters. The molecule has 2 aliphatic carbocycles. The molecular weight excluding hydrogens is 400 g/mol. The lowest BCUT2D eigenvalue weighted by atomic mass is 9.96. The van der Waals surface area contributed by atoms with E-state index in [2.05, 4.69) is 4.99 Å². The number of carbonyl (C=O) groups excluding carboxylic acids is 6. The van der Waals surface area contributed by atoms with Gasteiger partial charge in [-0.1, -0.05) is 12.1 Å². The molecule has 1 heterocycles. The van der Waals surface area contributed by atoms with E-state index in [1.54, 1.807) is 0 Å². The quantitative estimate of drug-likeness (QED) is 0.571. The van der Waals surface area contributed by atoms with Crippen molar-refractivity contribution in [1.29, 1.82) is 0 Å². The highest BCUT2D eigenvalue weighted by atomic mass is 16.2. The van der Waals surface area contributed by atoms with E-state index in [9.17, 15) is 28.8 Å². The first kappa shape index (κ1) is 19.1. The van der Waals surface area contributed by atoms with Crippen molar-refractivity contribution in [3.63, 3.8) is 0 Å². The predicted molar refractivity (Wildman–Crippen MR) is 107 cm³/mol. The highest BCUT2D eigenvalue weighted by Gasteiger charge is 2.45. The number of aliphatic imine (C=N–C) groups is 1. The summed E-state index contributed by atoms with van der Waals surface area (Å²) in [5, 5.41) is 0. The number of Topliss-reactive ketones (excluding diaryl/α,β-unsaturated/α-hetero) is 5. The summed E-state index contributed by atoms with van der Waals surface area (Å²) < 4.78 is 0. The number of benzene rings is 2. The molecule has 5 rings (SSSR count). The zero-order valence-corrected chi connectivity index (χ0v) is 16.0.